The second-order valence-corrected chi connectivity index (χ2v) is 7.55. The van der Waals surface area contributed by atoms with Gasteiger partial charge >= 0.3 is 5.97 Å². The summed E-state index contributed by atoms with van der Waals surface area (Å²) >= 11 is 0. The molecule has 3 rings (SSSR count). The fourth-order valence-electron chi connectivity index (χ4n) is 2.74. The minimum Gasteiger partial charge on any atom is -0.478 e. The van der Waals surface area contributed by atoms with E-state index in [0.29, 0.717) is 5.69 Å². The predicted octanol–water partition coefficient (Wildman–Crippen LogP) is 1.61. The number of anilines is 1. The zero-order valence-corrected chi connectivity index (χ0v) is 14.2. The number of hydrogen-bond donors (Lipinski definition) is 2. The summed E-state index contributed by atoms with van der Waals surface area (Å²) in [6, 6.07) is 9.59. The molecule has 0 saturated carbocycles. The summed E-state index contributed by atoms with van der Waals surface area (Å²) in [4.78, 5) is 24.2. The number of nitrogens with zero attached hydrogens (tertiary/aromatic N) is 1. The molecule has 2 aromatic carbocycles. The van der Waals surface area contributed by atoms with Crippen LogP contribution in [-0.2, 0) is 14.8 Å². The minimum absolute atomic E-state index is 0.0303. The summed E-state index contributed by atoms with van der Waals surface area (Å²) in [6.45, 7) is 0.0781. The Morgan fingerprint density at radius 3 is 2.50 bits per heavy atom. The highest BCUT2D eigenvalue weighted by Crippen LogP contribution is 2.23. The van der Waals surface area contributed by atoms with Gasteiger partial charge in [-0.05, 0) is 42.5 Å². The number of nitrogens with one attached hydrogen (secondary N) is 1. The van der Waals surface area contributed by atoms with Crippen LogP contribution in [0.25, 0.3) is 0 Å². The molecule has 136 valence electrons. The largest absolute Gasteiger partial charge is 0.478 e. The topological polar surface area (TPSA) is 104 Å². The number of benzene rings is 2. The summed E-state index contributed by atoms with van der Waals surface area (Å²) in [6.07, 6.45) is -0.0526. The molecule has 0 aliphatic carbocycles. The number of carboxylic acid groups (broad SMARTS) is 1. The first-order valence-corrected chi connectivity index (χ1v) is 9.16. The zero-order valence-electron chi connectivity index (χ0n) is 13.4. The van der Waals surface area contributed by atoms with Crippen molar-refractivity contribution in [1.82, 2.24) is 4.72 Å². The standard InChI is InChI=1S/C17H15FN2O5S/c18-12-2-1-3-14(8-12)20-10-13(9-16(20)21)19-26(24,25)15-6-4-11(5-7-15)17(22)23/h1-8,13,19H,9-10H2,(H,22,23). The molecule has 9 heteroatoms. The second-order valence-electron chi connectivity index (χ2n) is 5.84. The van der Waals surface area contributed by atoms with Gasteiger partial charge in [0, 0.05) is 24.7 Å². The van der Waals surface area contributed by atoms with E-state index in [4.69, 9.17) is 5.11 Å². The van der Waals surface area contributed by atoms with Crippen LogP contribution in [0.1, 0.15) is 16.8 Å². The molecule has 1 heterocycles. The molecule has 7 nitrogen and oxygen atoms in total. The van der Waals surface area contributed by atoms with Gasteiger partial charge in [0.05, 0.1) is 10.5 Å². The minimum atomic E-state index is -3.92. The average molecular weight is 378 g/mol. The van der Waals surface area contributed by atoms with Crippen LogP contribution in [0.5, 0.6) is 0 Å². The van der Waals surface area contributed by atoms with E-state index in [-0.39, 0.29) is 29.3 Å². The van der Waals surface area contributed by atoms with E-state index in [1.807, 2.05) is 0 Å². The van der Waals surface area contributed by atoms with Gasteiger partial charge in [-0.25, -0.2) is 22.3 Å². The summed E-state index contributed by atoms with van der Waals surface area (Å²) in [7, 11) is -3.92. The average Bonchev–Trinajstić information content (AvgIpc) is 2.94. The van der Waals surface area contributed by atoms with Gasteiger partial charge in [-0.2, -0.15) is 0 Å². The van der Waals surface area contributed by atoms with Crippen LogP contribution in [0.2, 0.25) is 0 Å². The van der Waals surface area contributed by atoms with Crippen LogP contribution >= 0.6 is 0 Å². The van der Waals surface area contributed by atoms with Gasteiger partial charge in [0.2, 0.25) is 15.9 Å². The monoisotopic (exact) mass is 378 g/mol. The lowest BCUT2D eigenvalue weighted by Crippen LogP contribution is -2.37. The van der Waals surface area contributed by atoms with Crippen molar-refractivity contribution in [2.75, 3.05) is 11.4 Å². The Bertz CT molecular complexity index is 959. The molecule has 1 amide bonds. The first-order valence-electron chi connectivity index (χ1n) is 7.68. The molecule has 1 saturated heterocycles. The molecule has 0 spiro atoms. The fourth-order valence-corrected chi connectivity index (χ4v) is 3.97. The van der Waals surface area contributed by atoms with E-state index in [9.17, 15) is 22.4 Å². The molecular weight excluding hydrogens is 363 g/mol. The van der Waals surface area contributed by atoms with Crippen LogP contribution in [0.15, 0.2) is 53.4 Å². The van der Waals surface area contributed by atoms with Gasteiger partial charge in [0.25, 0.3) is 0 Å². The number of sulfonamides is 1. The van der Waals surface area contributed by atoms with Gasteiger partial charge in [0.15, 0.2) is 0 Å². The maximum Gasteiger partial charge on any atom is 0.335 e. The molecule has 1 atom stereocenters. The van der Waals surface area contributed by atoms with E-state index in [1.165, 1.54) is 47.4 Å². The molecule has 1 aliphatic rings. The maximum absolute atomic E-state index is 13.3. The molecule has 1 fully saturated rings. The lowest BCUT2D eigenvalue weighted by Gasteiger charge is -2.17. The van der Waals surface area contributed by atoms with E-state index in [2.05, 4.69) is 4.72 Å². The molecular formula is C17H15FN2O5S. The van der Waals surface area contributed by atoms with Crippen LogP contribution in [0.4, 0.5) is 10.1 Å². The highest BCUT2D eigenvalue weighted by Gasteiger charge is 2.33. The Kier molecular flexibility index (Phi) is 4.75. The fraction of sp³-hybridized carbons (Fsp3) is 0.176. The summed E-state index contributed by atoms with van der Waals surface area (Å²) < 4.78 is 40.6. The number of aromatic carboxylic acids is 1. The Morgan fingerprint density at radius 2 is 1.88 bits per heavy atom. The molecule has 1 unspecified atom stereocenters. The summed E-state index contributed by atoms with van der Waals surface area (Å²) in [5, 5.41) is 8.86. The van der Waals surface area contributed by atoms with Crippen LogP contribution < -0.4 is 9.62 Å². The number of carbonyl (C=O) groups excluding carboxylic acids is 1. The van der Waals surface area contributed by atoms with Crippen molar-refractivity contribution in [2.24, 2.45) is 0 Å². The van der Waals surface area contributed by atoms with E-state index in [0.717, 1.165) is 0 Å². The predicted molar refractivity (Wildman–Crippen MR) is 90.9 cm³/mol. The second kappa shape index (κ2) is 6.85. The summed E-state index contributed by atoms with van der Waals surface area (Å²) in [5.74, 6) is -1.96. The molecule has 2 aromatic rings. The Balaban J connectivity index is 1.74. The number of carbonyl (C=O) groups is 2. The maximum atomic E-state index is 13.3. The van der Waals surface area contributed by atoms with Crippen molar-refractivity contribution in [3.63, 3.8) is 0 Å². The van der Waals surface area contributed by atoms with Gasteiger partial charge in [0.1, 0.15) is 5.82 Å². The number of hydrogen-bond acceptors (Lipinski definition) is 4. The Morgan fingerprint density at radius 1 is 1.19 bits per heavy atom. The molecule has 26 heavy (non-hydrogen) atoms. The first kappa shape index (κ1) is 18.0. The Hall–Kier alpha value is -2.78. The van der Waals surface area contributed by atoms with Gasteiger partial charge < -0.3 is 10.0 Å². The summed E-state index contributed by atoms with van der Waals surface area (Å²) in [5.41, 5.74) is 0.333. The van der Waals surface area contributed by atoms with Crippen LogP contribution in [0.3, 0.4) is 0 Å². The third-order valence-corrected chi connectivity index (χ3v) is 5.51. The molecule has 1 aliphatic heterocycles. The molecule has 0 aromatic heterocycles. The Labute approximate surface area is 149 Å². The number of amides is 1. The van der Waals surface area contributed by atoms with Crippen molar-refractivity contribution in [2.45, 2.75) is 17.4 Å². The van der Waals surface area contributed by atoms with Crippen molar-refractivity contribution in [3.8, 4) is 0 Å². The van der Waals surface area contributed by atoms with E-state index >= 15 is 0 Å². The third kappa shape index (κ3) is 3.73. The van der Waals surface area contributed by atoms with E-state index in [1.54, 1.807) is 6.07 Å². The van der Waals surface area contributed by atoms with Gasteiger partial charge in [-0.1, -0.05) is 6.07 Å². The lowest BCUT2D eigenvalue weighted by atomic mass is 10.2. The van der Waals surface area contributed by atoms with Gasteiger partial charge in [-0.3, -0.25) is 4.79 Å². The van der Waals surface area contributed by atoms with Crippen LogP contribution in [0, 0.1) is 5.82 Å². The molecule has 0 bridgehead atoms. The quantitative estimate of drug-likeness (QED) is 0.823. The highest BCUT2D eigenvalue weighted by atomic mass is 32.2. The van der Waals surface area contributed by atoms with Crippen molar-refractivity contribution >= 4 is 27.6 Å². The molecule has 0 radical (unpaired) electrons. The highest BCUT2D eigenvalue weighted by molar-refractivity contribution is 7.89. The van der Waals surface area contributed by atoms with Crippen molar-refractivity contribution < 1.29 is 27.5 Å². The van der Waals surface area contributed by atoms with Gasteiger partial charge in [-0.15, -0.1) is 0 Å². The first-order chi connectivity index (χ1) is 12.3. The third-order valence-electron chi connectivity index (χ3n) is 3.98. The number of carboxylic acids is 1. The molecule has 2 N–H and O–H groups in total. The lowest BCUT2D eigenvalue weighted by molar-refractivity contribution is -0.117. The van der Waals surface area contributed by atoms with Crippen molar-refractivity contribution in [1.29, 1.82) is 0 Å². The van der Waals surface area contributed by atoms with Crippen LogP contribution in [-0.4, -0.2) is 38.0 Å². The SMILES string of the molecule is O=C(O)c1ccc(S(=O)(=O)NC2CC(=O)N(c3cccc(F)c3)C2)cc1. The normalized spacial score (nSPS) is 17.5. The smallest absolute Gasteiger partial charge is 0.335 e. The number of halogens is 1. The zero-order chi connectivity index (χ0) is 18.9. The van der Waals surface area contributed by atoms with Crippen molar-refractivity contribution in [3.05, 3.63) is 59.9 Å². The van der Waals surface area contributed by atoms with E-state index < -0.39 is 27.9 Å². The number of rotatable bonds is 5.